The Bertz CT molecular complexity index is 717. The maximum atomic E-state index is 12.3. The number of benzene rings is 2. The number of aliphatic hydroxyl groups is 1. The van der Waals surface area contributed by atoms with Gasteiger partial charge in [0.15, 0.2) is 0 Å². The molecule has 2 aromatic rings. The van der Waals surface area contributed by atoms with Crippen molar-refractivity contribution in [3.63, 3.8) is 0 Å². The Balaban J connectivity index is 1.97. The molecule has 2 aromatic carbocycles. The van der Waals surface area contributed by atoms with Crippen molar-refractivity contribution in [3.05, 3.63) is 48.0 Å². The number of hydrogen-bond donors (Lipinski definition) is 2. The monoisotopic (exact) mass is 331 g/mol. The van der Waals surface area contributed by atoms with Crippen molar-refractivity contribution in [2.24, 2.45) is 0 Å². The maximum Gasteiger partial charge on any atom is 0.224 e. The van der Waals surface area contributed by atoms with E-state index in [2.05, 4.69) is 5.32 Å². The van der Waals surface area contributed by atoms with Gasteiger partial charge in [0.2, 0.25) is 5.12 Å². The van der Waals surface area contributed by atoms with Crippen molar-refractivity contribution in [3.8, 4) is 11.5 Å². The summed E-state index contributed by atoms with van der Waals surface area (Å²) >= 11 is 1.02. The largest absolute Gasteiger partial charge is 0.497 e. The zero-order valence-corrected chi connectivity index (χ0v) is 13.6. The lowest BCUT2D eigenvalue weighted by atomic mass is 10.0. The molecule has 0 saturated heterocycles. The number of carbonyl (C=O) groups is 1. The van der Waals surface area contributed by atoms with Crippen molar-refractivity contribution >= 4 is 22.6 Å². The molecule has 3 rings (SSSR count). The van der Waals surface area contributed by atoms with Crippen LogP contribution in [0.5, 0.6) is 11.5 Å². The molecule has 2 N–H and O–H groups in total. The molecule has 0 bridgehead atoms. The third-order valence-corrected chi connectivity index (χ3v) is 4.74. The minimum atomic E-state index is -1.15. The van der Waals surface area contributed by atoms with Crippen LogP contribution in [0.15, 0.2) is 47.4 Å². The highest BCUT2D eigenvalue weighted by molar-refractivity contribution is 8.14. The lowest BCUT2D eigenvalue weighted by Gasteiger charge is -2.22. The second-order valence-corrected chi connectivity index (χ2v) is 6.17. The van der Waals surface area contributed by atoms with E-state index in [1.54, 1.807) is 32.4 Å². The van der Waals surface area contributed by atoms with Gasteiger partial charge in [0.1, 0.15) is 17.6 Å². The van der Waals surface area contributed by atoms with E-state index in [1.807, 2.05) is 24.3 Å². The molecule has 0 fully saturated rings. The van der Waals surface area contributed by atoms with Gasteiger partial charge in [-0.25, -0.2) is 0 Å². The molecule has 0 aliphatic carbocycles. The lowest BCUT2D eigenvalue weighted by Crippen LogP contribution is -2.29. The minimum absolute atomic E-state index is 0.301. The van der Waals surface area contributed by atoms with Crippen LogP contribution in [0.4, 0.5) is 5.69 Å². The Morgan fingerprint density at radius 1 is 1.04 bits per heavy atom. The number of anilines is 1. The topological polar surface area (TPSA) is 67.8 Å². The van der Waals surface area contributed by atoms with Crippen molar-refractivity contribution in [1.82, 2.24) is 0 Å². The zero-order valence-electron chi connectivity index (χ0n) is 12.8. The SMILES string of the molecule is COc1ccc([C@@H]2Nc3ccc(OC)cc3SC(=O)[C@@H]2O)cc1. The summed E-state index contributed by atoms with van der Waals surface area (Å²) in [5.74, 6) is 1.39. The first-order valence-electron chi connectivity index (χ1n) is 7.10. The van der Waals surface area contributed by atoms with E-state index in [4.69, 9.17) is 9.47 Å². The van der Waals surface area contributed by atoms with E-state index in [0.717, 1.165) is 33.7 Å². The molecule has 120 valence electrons. The molecule has 0 radical (unpaired) electrons. The van der Waals surface area contributed by atoms with Crippen LogP contribution >= 0.6 is 11.8 Å². The zero-order chi connectivity index (χ0) is 16.4. The predicted molar refractivity (Wildman–Crippen MR) is 89.2 cm³/mol. The molecular weight excluding hydrogens is 314 g/mol. The average Bonchev–Trinajstić information content (AvgIpc) is 2.71. The Hall–Kier alpha value is -2.18. The van der Waals surface area contributed by atoms with Gasteiger partial charge >= 0.3 is 0 Å². The number of rotatable bonds is 3. The smallest absolute Gasteiger partial charge is 0.224 e. The molecule has 2 atom stereocenters. The summed E-state index contributed by atoms with van der Waals surface area (Å²) in [5.41, 5.74) is 1.61. The third-order valence-electron chi connectivity index (χ3n) is 3.74. The highest BCUT2D eigenvalue weighted by Crippen LogP contribution is 2.39. The molecule has 0 spiro atoms. The second-order valence-electron chi connectivity index (χ2n) is 5.12. The normalized spacial score (nSPS) is 20.2. The quantitative estimate of drug-likeness (QED) is 0.901. The molecule has 1 heterocycles. The highest BCUT2D eigenvalue weighted by Gasteiger charge is 2.32. The number of hydrogen-bond acceptors (Lipinski definition) is 6. The van der Waals surface area contributed by atoms with Crippen LogP contribution < -0.4 is 14.8 Å². The number of carbonyl (C=O) groups excluding carboxylic acids is 1. The molecule has 1 aliphatic heterocycles. The molecule has 5 nitrogen and oxygen atoms in total. The van der Waals surface area contributed by atoms with Crippen LogP contribution in [0.2, 0.25) is 0 Å². The van der Waals surface area contributed by atoms with Crippen LogP contribution in [0.1, 0.15) is 11.6 Å². The van der Waals surface area contributed by atoms with Crippen molar-refractivity contribution in [2.45, 2.75) is 17.0 Å². The summed E-state index contributed by atoms with van der Waals surface area (Å²) in [6.07, 6.45) is -1.15. The summed E-state index contributed by atoms with van der Waals surface area (Å²) in [6, 6.07) is 12.2. The summed E-state index contributed by atoms with van der Waals surface area (Å²) in [6.45, 7) is 0. The van der Waals surface area contributed by atoms with Gasteiger partial charge in [0, 0.05) is 10.6 Å². The lowest BCUT2D eigenvalue weighted by molar-refractivity contribution is -0.118. The van der Waals surface area contributed by atoms with Crippen molar-refractivity contribution in [1.29, 1.82) is 0 Å². The first-order valence-corrected chi connectivity index (χ1v) is 7.92. The fourth-order valence-electron chi connectivity index (χ4n) is 2.46. The van der Waals surface area contributed by atoms with Crippen LogP contribution in [-0.4, -0.2) is 30.5 Å². The molecule has 0 saturated carbocycles. The van der Waals surface area contributed by atoms with Crippen LogP contribution in [0, 0.1) is 0 Å². The van der Waals surface area contributed by atoms with Gasteiger partial charge < -0.3 is 19.9 Å². The van der Waals surface area contributed by atoms with E-state index < -0.39 is 12.1 Å². The van der Waals surface area contributed by atoms with Crippen LogP contribution in [-0.2, 0) is 4.79 Å². The Morgan fingerprint density at radius 3 is 2.35 bits per heavy atom. The molecule has 0 unspecified atom stereocenters. The second kappa shape index (κ2) is 6.52. The van der Waals surface area contributed by atoms with Gasteiger partial charge in [-0.1, -0.05) is 12.1 Å². The van der Waals surface area contributed by atoms with Crippen molar-refractivity contribution in [2.75, 3.05) is 19.5 Å². The standard InChI is InChI=1S/C17H17NO4S/c1-21-11-5-3-10(4-6-11)15-16(19)17(20)23-14-9-12(22-2)7-8-13(14)18-15/h3-9,15-16,18-19H,1-2H3/t15-,16+/m0/s1. The van der Waals surface area contributed by atoms with Gasteiger partial charge in [0.25, 0.3) is 0 Å². The number of ether oxygens (including phenoxy) is 2. The number of fused-ring (bicyclic) bond motifs is 1. The fourth-order valence-corrected chi connectivity index (χ4v) is 3.35. The average molecular weight is 331 g/mol. The van der Waals surface area contributed by atoms with E-state index in [1.165, 1.54) is 0 Å². The summed E-state index contributed by atoms with van der Waals surface area (Å²) in [7, 11) is 3.17. The third kappa shape index (κ3) is 3.13. The Kier molecular flexibility index (Phi) is 4.45. The highest BCUT2D eigenvalue weighted by atomic mass is 32.2. The van der Waals surface area contributed by atoms with Gasteiger partial charge in [-0.2, -0.15) is 0 Å². The number of thioether (sulfide) groups is 1. The van der Waals surface area contributed by atoms with Gasteiger partial charge in [-0.3, -0.25) is 4.79 Å². The van der Waals surface area contributed by atoms with Crippen LogP contribution in [0.3, 0.4) is 0 Å². The molecule has 0 amide bonds. The number of nitrogens with one attached hydrogen (secondary N) is 1. The van der Waals surface area contributed by atoms with Gasteiger partial charge in [0.05, 0.1) is 20.3 Å². The number of methoxy groups -OCH3 is 2. The van der Waals surface area contributed by atoms with Gasteiger partial charge in [-0.15, -0.1) is 0 Å². The molecule has 6 heteroatoms. The fraction of sp³-hybridized carbons (Fsp3) is 0.235. The van der Waals surface area contributed by atoms with Crippen LogP contribution in [0.25, 0.3) is 0 Å². The molecule has 0 aromatic heterocycles. The summed E-state index contributed by atoms with van der Waals surface area (Å²) < 4.78 is 10.3. The van der Waals surface area contributed by atoms with Gasteiger partial charge in [-0.05, 0) is 47.7 Å². The minimum Gasteiger partial charge on any atom is -0.497 e. The van der Waals surface area contributed by atoms with Crippen molar-refractivity contribution < 1.29 is 19.4 Å². The Morgan fingerprint density at radius 2 is 1.70 bits per heavy atom. The first kappa shape index (κ1) is 15.7. The summed E-state index contributed by atoms with van der Waals surface area (Å²) in [5, 5.41) is 13.4. The van der Waals surface area contributed by atoms with E-state index in [0.29, 0.717) is 5.75 Å². The Labute approximate surface area is 138 Å². The molecule has 23 heavy (non-hydrogen) atoms. The first-order chi connectivity index (χ1) is 11.1. The summed E-state index contributed by atoms with van der Waals surface area (Å²) in [4.78, 5) is 13.0. The molecule has 1 aliphatic rings. The predicted octanol–water partition coefficient (Wildman–Crippen LogP) is 2.85. The van der Waals surface area contributed by atoms with E-state index in [9.17, 15) is 9.90 Å². The van der Waals surface area contributed by atoms with E-state index >= 15 is 0 Å². The molecular formula is C17H17NO4S. The number of aliphatic hydroxyl groups excluding tert-OH is 1. The van der Waals surface area contributed by atoms with E-state index in [-0.39, 0.29) is 5.12 Å². The maximum absolute atomic E-state index is 12.3.